The van der Waals surface area contributed by atoms with Gasteiger partial charge >= 0.3 is 18.1 Å². The Balaban J connectivity index is 0.000000213. The van der Waals surface area contributed by atoms with Crippen LogP contribution in [0.4, 0.5) is 14.4 Å². The summed E-state index contributed by atoms with van der Waals surface area (Å²) in [4.78, 5) is 210. The summed E-state index contributed by atoms with van der Waals surface area (Å²) >= 11 is 0. The van der Waals surface area contributed by atoms with E-state index in [4.69, 9.17) is 0 Å². The number of rotatable bonds is 40. The van der Waals surface area contributed by atoms with Gasteiger partial charge in [-0.05, 0) is 239 Å². The molecule has 13 rings (SSSR count). The van der Waals surface area contributed by atoms with E-state index >= 15 is 0 Å². The Morgan fingerprint density at radius 2 is 0.547 bits per heavy atom. The van der Waals surface area contributed by atoms with Crippen molar-refractivity contribution < 1.29 is 97.2 Å². The molecule has 0 radical (unpaired) electrons. The number of amides is 15. The molecule has 3 heterocycles. The number of unbranched alkanes of at least 4 members (excludes halogenated alkanes) is 3. The maximum Gasteiger partial charge on any atom is 0.315 e. The molecule has 0 spiro atoms. The molecule has 10 aliphatic carbocycles. The molecule has 3 aliphatic heterocycles. The van der Waals surface area contributed by atoms with Crippen molar-refractivity contribution in [3.63, 3.8) is 0 Å². The number of urea groups is 3. The Morgan fingerprint density at radius 3 is 0.773 bits per heavy atom. The van der Waals surface area contributed by atoms with E-state index in [2.05, 4.69) is 105 Å². The van der Waals surface area contributed by atoms with E-state index in [0.29, 0.717) is 96.7 Å². The molecule has 1 unspecified atom stereocenters. The van der Waals surface area contributed by atoms with Crippen molar-refractivity contribution in [3.8, 4) is 0 Å². The van der Waals surface area contributed by atoms with Crippen molar-refractivity contribution in [1.29, 1.82) is 0 Å². The molecular weight excluding hydrogens is 1980 g/mol. The molecule has 13 fully saturated rings. The van der Waals surface area contributed by atoms with E-state index in [1.54, 1.807) is 67.2 Å². The standard InChI is InChI=1S/C39H65N5O7S.2C36H61N5O7S/c1-8-9-16-27(30(45)33(47)40-25-17-18-25)41-32(46)29-28-26(37(28,5)6)23-44(29)34(48)31(38(7)19-12-10-13-20-38)42-35(49)43-39(21-14-11-15-22-39)24-52(50,51)36(2,3)4;2*1-10-11-15-24(27(42)30(44)37-22-16-17-22)38-29(43)26-25-23(35(25,8)9)20-41(26)31(45)28(33(2,3)4)39-32(46)40-36(18-13-12-14-19-36)21-49(47,48)34(5,6)7/h25-29,31H,8-24H2,1-7H3,(H,40,47)(H,41,46)(H2,42,43,49);2*22-26,28H,10-21H2,1-9H3,(H,37,44)(H,38,43)(H2,39,40,46)/t26?,27-,28-,29-,31+;23-,24+,25-,26-,28+;23-,24-,25-,26-,28+/m000/s1. The van der Waals surface area contributed by atoms with Gasteiger partial charge in [0, 0.05) is 37.8 Å². The summed E-state index contributed by atoms with van der Waals surface area (Å²) in [5.41, 5.74) is -5.51. The molecule has 15 amide bonds. The second-order valence-corrected chi connectivity index (χ2v) is 62.5. The third kappa shape index (κ3) is 29.0. The first-order valence-corrected chi connectivity index (χ1v) is 61.6. The van der Waals surface area contributed by atoms with Gasteiger partial charge in [0.05, 0.1) is 66.2 Å². The van der Waals surface area contributed by atoms with Crippen LogP contribution in [0.5, 0.6) is 0 Å². The molecule has 13 aliphatic rings. The van der Waals surface area contributed by atoms with Crippen LogP contribution in [0.2, 0.25) is 0 Å². The number of ketones is 3. The molecular formula is C111H187N15O21S3. The summed E-state index contributed by atoms with van der Waals surface area (Å²) in [6.07, 6.45) is 25.3. The highest BCUT2D eigenvalue weighted by molar-refractivity contribution is 7.93. The topological polar surface area (TPSA) is 513 Å². The molecule has 36 nitrogen and oxygen atoms in total. The summed E-state index contributed by atoms with van der Waals surface area (Å²) in [5.74, 6) is -7.32. The molecule has 3 saturated heterocycles. The molecule has 39 heteroatoms. The van der Waals surface area contributed by atoms with Gasteiger partial charge in [0.15, 0.2) is 29.5 Å². The van der Waals surface area contributed by atoms with Crippen LogP contribution < -0.4 is 63.8 Å². The van der Waals surface area contributed by atoms with Crippen LogP contribution in [0.1, 0.15) is 398 Å². The van der Waals surface area contributed by atoms with Crippen LogP contribution in [0.15, 0.2) is 0 Å². The van der Waals surface area contributed by atoms with E-state index in [1.165, 1.54) is 9.80 Å². The minimum absolute atomic E-state index is 0.00450. The number of nitrogens with zero attached hydrogens (tertiary/aromatic N) is 3. The second kappa shape index (κ2) is 46.7. The zero-order chi connectivity index (χ0) is 112. The molecule has 0 aromatic carbocycles. The van der Waals surface area contributed by atoms with Gasteiger partial charge in [-0.3, -0.25) is 57.5 Å². The average molecular weight is 2160 g/mol. The number of likely N-dealkylation sites (tertiary alicyclic amines) is 3. The summed E-state index contributed by atoms with van der Waals surface area (Å²) < 4.78 is 77.2. The number of sulfone groups is 3. The predicted octanol–water partition coefficient (Wildman–Crippen LogP) is 11.8. The van der Waals surface area contributed by atoms with Gasteiger partial charge in [-0.25, -0.2) is 39.6 Å². The Bertz CT molecular complexity index is 5110. The van der Waals surface area contributed by atoms with Gasteiger partial charge in [0.1, 0.15) is 36.3 Å². The Morgan fingerprint density at radius 1 is 0.313 bits per heavy atom. The van der Waals surface area contributed by atoms with E-state index < -0.39 is 214 Å². The molecule has 10 saturated carbocycles. The lowest BCUT2D eigenvalue weighted by Crippen LogP contribution is -2.65. The van der Waals surface area contributed by atoms with Gasteiger partial charge in [-0.1, -0.05) is 226 Å². The fourth-order valence-electron chi connectivity index (χ4n) is 24.7. The maximum atomic E-state index is 14.9. The monoisotopic (exact) mass is 2160 g/mol. The van der Waals surface area contributed by atoms with Crippen LogP contribution in [0.25, 0.3) is 0 Å². The van der Waals surface area contributed by atoms with Crippen LogP contribution in [0, 0.1) is 68.0 Å². The van der Waals surface area contributed by atoms with Crippen molar-refractivity contribution in [2.75, 3.05) is 36.9 Å². The third-order valence-corrected chi connectivity index (χ3v) is 44.3. The van der Waals surface area contributed by atoms with Gasteiger partial charge in [-0.15, -0.1) is 0 Å². The Kier molecular flexibility index (Phi) is 38.0. The van der Waals surface area contributed by atoms with Crippen LogP contribution in [-0.2, 0) is 87.0 Å². The number of hydrogen-bond donors (Lipinski definition) is 12. The minimum Gasteiger partial charge on any atom is -0.347 e. The van der Waals surface area contributed by atoms with E-state index in [0.717, 1.165) is 148 Å². The fourth-order valence-corrected chi connectivity index (χ4v) is 29.3. The van der Waals surface area contributed by atoms with Gasteiger partial charge in [-0.2, -0.15) is 0 Å². The quantitative estimate of drug-likeness (QED) is 0.0254. The number of Topliss-reactive ketones (excluding diaryl/α,β-unsaturated/α-hetero) is 3. The number of nitrogens with one attached hydrogen (secondary N) is 12. The maximum absolute atomic E-state index is 14.9. The largest absolute Gasteiger partial charge is 0.347 e. The smallest absolute Gasteiger partial charge is 0.315 e. The first-order valence-electron chi connectivity index (χ1n) is 56.6. The van der Waals surface area contributed by atoms with Crippen LogP contribution in [-0.4, -0.2) is 269 Å². The normalized spacial score (nSPS) is 26.3. The Labute approximate surface area is 894 Å². The Hall–Kier alpha value is -8.10. The number of carbonyl (C=O) groups excluding carboxylic acids is 15. The van der Waals surface area contributed by atoms with Gasteiger partial charge in [0.25, 0.3) is 17.7 Å². The summed E-state index contributed by atoms with van der Waals surface area (Å²) in [5, 5.41) is 34.8. The lowest BCUT2D eigenvalue weighted by Gasteiger charge is -2.44. The highest BCUT2D eigenvalue weighted by Gasteiger charge is 2.73. The van der Waals surface area contributed by atoms with Crippen molar-refractivity contribution in [1.82, 2.24) is 78.5 Å². The van der Waals surface area contributed by atoms with E-state index in [9.17, 15) is 97.2 Å². The summed E-state index contributed by atoms with van der Waals surface area (Å²) in [6.45, 7) is 47.4. The molecule has 0 bridgehead atoms. The van der Waals surface area contributed by atoms with Gasteiger partial charge in [0.2, 0.25) is 52.8 Å². The summed E-state index contributed by atoms with van der Waals surface area (Å²) in [6, 6.07) is -10.3. The molecule has 850 valence electrons. The highest BCUT2D eigenvalue weighted by atomic mass is 32.2. The highest BCUT2D eigenvalue weighted by Crippen LogP contribution is 2.68. The molecule has 0 aromatic rings. The molecule has 15 atom stereocenters. The van der Waals surface area contributed by atoms with E-state index in [1.807, 2.05) is 69.2 Å². The number of carbonyl (C=O) groups is 15. The van der Waals surface area contributed by atoms with Crippen LogP contribution >= 0.6 is 0 Å². The lowest BCUT2D eigenvalue weighted by molar-refractivity contribution is -0.146. The van der Waals surface area contributed by atoms with Crippen molar-refractivity contribution >= 4 is 118 Å². The first-order chi connectivity index (χ1) is 69.3. The van der Waals surface area contributed by atoms with E-state index in [-0.39, 0.29) is 93.0 Å². The van der Waals surface area contributed by atoms with Crippen molar-refractivity contribution in [3.05, 3.63) is 0 Å². The fraction of sp³-hybridized carbons (Fsp3) is 0.865. The van der Waals surface area contributed by atoms with Gasteiger partial charge < -0.3 is 78.5 Å². The number of hydrogen-bond acceptors (Lipinski definition) is 21. The first kappa shape index (κ1) is 122. The summed E-state index contributed by atoms with van der Waals surface area (Å²) in [7, 11) is -10.7. The number of fused-ring (bicyclic) bond motifs is 3. The SMILES string of the molecule is CCCC[C@@H](NC(=O)[C@@H]1[C@@H]2[C@H](CN1C(=O)[C@@H](NC(=O)NC1(CS(=O)(=O)C(C)(C)C)CCCCC1)C(C)(C)C)C2(C)C)C(=O)C(=O)NC1CC1.CCCC[C@H](NC(=O)[C@@H]1[C@@H]2C(CN1C(=O)[C@@H](NC(=O)NC1(CS(=O)(=O)C(C)(C)C)CCCCC1)C1(C)CCCCC1)C2(C)C)C(=O)C(=O)NC1CC1.CCCC[C@H](NC(=O)[C@@H]1[C@@H]2[C@H](CN1C(=O)[C@@H](NC(=O)NC1(CS(=O)(=O)C(C)(C)C)CCCCC1)C(C)(C)C)C2(C)C)C(=O)C(=O)NC1CC1. The predicted molar refractivity (Wildman–Crippen MR) is 576 cm³/mol. The zero-order valence-electron chi connectivity index (χ0n) is 95.0. The lowest BCUT2D eigenvalue weighted by atomic mass is 9.70. The molecule has 150 heavy (non-hydrogen) atoms. The van der Waals surface area contributed by atoms with Crippen LogP contribution in [0.3, 0.4) is 0 Å². The molecule has 0 aromatic heterocycles. The van der Waals surface area contributed by atoms with Crippen molar-refractivity contribution in [2.24, 2.45) is 68.0 Å². The zero-order valence-corrected chi connectivity index (χ0v) is 97.5. The third-order valence-electron chi connectivity index (χ3n) is 35.9. The second-order valence-electron chi connectivity index (χ2n) is 54.3. The number of piperidine rings is 3. The average Bonchev–Trinajstić information content (AvgIpc) is 1.53. The molecule has 12 N–H and O–H groups in total. The van der Waals surface area contributed by atoms with Crippen molar-refractivity contribution in [2.45, 2.75) is 501 Å². The minimum atomic E-state index is -3.56.